The van der Waals surface area contributed by atoms with Crippen LogP contribution in [0.2, 0.25) is 0 Å². The zero-order chi connectivity index (χ0) is 13.9. The van der Waals surface area contributed by atoms with Crippen LogP contribution in [0.5, 0.6) is 0 Å². The molecule has 1 aromatic rings. The molecule has 0 atom stereocenters. The van der Waals surface area contributed by atoms with E-state index in [1.165, 1.54) is 0 Å². The Morgan fingerprint density at radius 2 is 1.89 bits per heavy atom. The predicted octanol–water partition coefficient (Wildman–Crippen LogP) is 3.03. The first-order valence-corrected chi connectivity index (χ1v) is 8.73. The fourth-order valence-corrected chi connectivity index (χ4v) is 4.05. The molecule has 0 heterocycles. The van der Waals surface area contributed by atoms with Gasteiger partial charge in [0.15, 0.2) is 0 Å². The molecule has 1 saturated carbocycles. The smallest absolute Gasteiger partial charge is 0.207 e. The molecule has 0 radical (unpaired) electrons. The van der Waals surface area contributed by atoms with Crippen molar-refractivity contribution < 1.29 is 8.42 Å². The molecule has 0 spiro atoms. The first kappa shape index (κ1) is 14.8. The molecule has 1 fully saturated rings. The maximum Gasteiger partial charge on any atom is 0.243 e. The Hall–Kier alpha value is -0.580. The van der Waals surface area contributed by atoms with Crippen molar-refractivity contribution in [3.63, 3.8) is 0 Å². The predicted molar refractivity (Wildman–Crippen MR) is 78.1 cm³/mol. The number of nitrogens with zero attached hydrogens (tertiary/aromatic N) is 1. The highest BCUT2D eigenvalue weighted by Gasteiger charge is 2.36. The molecular weight excluding hydrogens is 282 g/mol. The van der Waals surface area contributed by atoms with Gasteiger partial charge in [-0.05, 0) is 43.4 Å². The summed E-state index contributed by atoms with van der Waals surface area (Å²) in [5, 5.41) is 0. The van der Waals surface area contributed by atoms with Crippen LogP contribution in [-0.2, 0) is 16.4 Å². The van der Waals surface area contributed by atoms with Crippen molar-refractivity contribution in [2.45, 2.75) is 43.5 Å². The highest BCUT2D eigenvalue weighted by atomic mass is 35.5. The van der Waals surface area contributed by atoms with Gasteiger partial charge in [-0.1, -0.05) is 19.1 Å². The topological polar surface area (TPSA) is 37.4 Å². The molecule has 1 aromatic carbocycles. The van der Waals surface area contributed by atoms with E-state index in [4.69, 9.17) is 11.6 Å². The Bertz CT molecular complexity index is 509. The maximum absolute atomic E-state index is 12.5. The third-order valence-electron chi connectivity index (χ3n) is 3.39. The summed E-state index contributed by atoms with van der Waals surface area (Å²) in [7, 11) is -3.32. The molecule has 0 bridgehead atoms. The minimum Gasteiger partial charge on any atom is -0.207 e. The van der Waals surface area contributed by atoms with Crippen LogP contribution in [0.15, 0.2) is 29.2 Å². The number of halogens is 1. The van der Waals surface area contributed by atoms with E-state index in [-0.39, 0.29) is 6.04 Å². The van der Waals surface area contributed by atoms with Gasteiger partial charge in [-0.25, -0.2) is 8.42 Å². The number of rotatable bonds is 7. The molecule has 1 aliphatic rings. The molecule has 106 valence electrons. The Morgan fingerprint density at radius 3 is 2.37 bits per heavy atom. The lowest BCUT2D eigenvalue weighted by molar-refractivity contribution is 0.421. The van der Waals surface area contributed by atoms with Gasteiger partial charge in [0.25, 0.3) is 0 Å². The molecule has 0 unspecified atom stereocenters. The van der Waals surface area contributed by atoms with Gasteiger partial charge in [-0.15, -0.1) is 11.6 Å². The third kappa shape index (κ3) is 3.50. The SMILES string of the molecule is CCN(C1CC1)S(=O)(=O)c1ccc(CCCCl)cc1. The van der Waals surface area contributed by atoms with Gasteiger partial charge in [-0.2, -0.15) is 4.31 Å². The lowest BCUT2D eigenvalue weighted by Gasteiger charge is -2.20. The standard InChI is InChI=1S/C14H20ClNO2S/c1-2-16(13-7-8-13)19(17,18)14-9-5-12(6-10-14)4-3-11-15/h5-6,9-10,13H,2-4,7-8,11H2,1H3. The number of hydrogen-bond donors (Lipinski definition) is 0. The summed E-state index contributed by atoms with van der Waals surface area (Å²) in [4.78, 5) is 0.399. The highest BCUT2D eigenvalue weighted by Crippen LogP contribution is 2.31. The van der Waals surface area contributed by atoms with Crippen LogP contribution in [0.3, 0.4) is 0 Å². The molecule has 0 aliphatic heterocycles. The second-order valence-corrected chi connectivity index (χ2v) is 7.14. The van der Waals surface area contributed by atoms with Crippen molar-refractivity contribution in [2.24, 2.45) is 0 Å². The average Bonchev–Trinajstić information content (AvgIpc) is 3.22. The number of alkyl halides is 1. The Morgan fingerprint density at radius 1 is 1.26 bits per heavy atom. The fourth-order valence-electron chi connectivity index (χ4n) is 2.22. The van der Waals surface area contributed by atoms with Crippen molar-refractivity contribution in [2.75, 3.05) is 12.4 Å². The van der Waals surface area contributed by atoms with Gasteiger partial charge >= 0.3 is 0 Å². The van der Waals surface area contributed by atoms with E-state index in [0.29, 0.717) is 17.3 Å². The van der Waals surface area contributed by atoms with Crippen LogP contribution in [0.25, 0.3) is 0 Å². The van der Waals surface area contributed by atoms with Crippen LogP contribution in [0.4, 0.5) is 0 Å². The summed E-state index contributed by atoms with van der Waals surface area (Å²) in [5.41, 5.74) is 1.13. The van der Waals surface area contributed by atoms with E-state index in [1.54, 1.807) is 16.4 Å². The van der Waals surface area contributed by atoms with Gasteiger partial charge in [-0.3, -0.25) is 0 Å². The van der Waals surface area contributed by atoms with Crippen molar-refractivity contribution in [3.05, 3.63) is 29.8 Å². The van der Waals surface area contributed by atoms with Crippen molar-refractivity contribution in [1.82, 2.24) is 4.31 Å². The normalized spacial score (nSPS) is 15.9. The summed E-state index contributed by atoms with van der Waals surface area (Å²) in [6.45, 7) is 2.44. The van der Waals surface area contributed by atoms with Gasteiger partial charge in [0.1, 0.15) is 0 Å². The molecule has 3 nitrogen and oxygen atoms in total. The lowest BCUT2D eigenvalue weighted by Crippen LogP contribution is -2.32. The summed E-state index contributed by atoms with van der Waals surface area (Å²) in [6, 6.07) is 7.42. The first-order chi connectivity index (χ1) is 9.09. The first-order valence-electron chi connectivity index (χ1n) is 6.76. The van der Waals surface area contributed by atoms with Gasteiger partial charge in [0.2, 0.25) is 10.0 Å². The van der Waals surface area contributed by atoms with E-state index in [9.17, 15) is 8.42 Å². The zero-order valence-corrected chi connectivity index (χ0v) is 12.8. The molecule has 5 heteroatoms. The van der Waals surface area contributed by atoms with Crippen molar-refractivity contribution >= 4 is 21.6 Å². The second-order valence-electron chi connectivity index (χ2n) is 4.88. The highest BCUT2D eigenvalue weighted by molar-refractivity contribution is 7.89. The van der Waals surface area contributed by atoms with Crippen LogP contribution >= 0.6 is 11.6 Å². The molecule has 0 amide bonds. The fraction of sp³-hybridized carbons (Fsp3) is 0.571. The van der Waals surface area contributed by atoms with E-state index < -0.39 is 10.0 Å². The van der Waals surface area contributed by atoms with Crippen LogP contribution < -0.4 is 0 Å². The van der Waals surface area contributed by atoms with Gasteiger partial charge in [0.05, 0.1) is 4.90 Å². The van der Waals surface area contributed by atoms with Gasteiger partial charge in [0, 0.05) is 18.5 Å². The molecule has 2 rings (SSSR count). The summed E-state index contributed by atoms with van der Waals surface area (Å²) >= 11 is 5.65. The zero-order valence-electron chi connectivity index (χ0n) is 11.2. The summed E-state index contributed by atoms with van der Waals surface area (Å²) in [5.74, 6) is 0.630. The molecule has 1 aliphatic carbocycles. The third-order valence-corrected chi connectivity index (χ3v) is 5.70. The van der Waals surface area contributed by atoms with E-state index in [0.717, 1.165) is 31.2 Å². The maximum atomic E-state index is 12.5. The van der Waals surface area contributed by atoms with Crippen LogP contribution in [-0.4, -0.2) is 31.2 Å². The number of benzene rings is 1. The van der Waals surface area contributed by atoms with Crippen molar-refractivity contribution in [1.29, 1.82) is 0 Å². The van der Waals surface area contributed by atoms with E-state index >= 15 is 0 Å². The Kier molecular flexibility index (Phi) is 4.87. The van der Waals surface area contributed by atoms with Crippen molar-refractivity contribution in [3.8, 4) is 0 Å². The molecule has 0 saturated heterocycles. The molecule has 19 heavy (non-hydrogen) atoms. The Balaban J connectivity index is 2.16. The second kappa shape index (κ2) is 6.25. The Labute approximate surface area is 120 Å². The van der Waals surface area contributed by atoms with E-state index in [2.05, 4.69) is 0 Å². The monoisotopic (exact) mass is 301 g/mol. The number of hydrogen-bond acceptors (Lipinski definition) is 2. The average molecular weight is 302 g/mol. The summed E-state index contributed by atoms with van der Waals surface area (Å²) in [6.07, 6.45) is 3.78. The number of sulfonamides is 1. The molecule has 0 N–H and O–H groups in total. The minimum atomic E-state index is -3.32. The molecular formula is C14H20ClNO2S. The van der Waals surface area contributed by atoms with E-state index in [1.807, 2.05) is 19.1 Å². The number of aryl methyl sites for hydroxylation is 1. The van der Waals surface area contributed by atoms with Crippen LogP contribution in [0.1, 0.15) is 31.7 Å². The largest absolute Gasteiger partial charge is 0.243 e. The van der Waals surface area contributed by atoms with Gasteiger partial charge < -0.3 is 0 Å². The minimum absolute atomic E-state index is 0.214. The summed E-state index contributed by atoms with van der Waals surface area (Å²) < 4.78 is 26.6. The van der Waals surface area contributed by atoms with Crippen LogP contribution in [0, 0.1) is 0 Å². The molecule has 0 aromatic heterocycles. The quantitative estimate of drug-likeness (QED) is 0.726. The lowest BCUT2D eigenvalue weighted by atomic mass is 10.1.